The number of anilines is 1. The van der Waals surface area contributed by atoms with Crippen molar-refractivity contribution in [1.82, 2.24) is 0 Å². The van der Waals surface area contributed by atoms with E-state index in [2.05, 4.69) is 5.32 Å². The van der Waals surface area contributed by atoms with Gasteiger partial charge in [-0.15, -0.1) is 0 Å². The first-order chi connectivity index (χ1) is 15.9. The van der Waals surface area contributed by atoms with Gasteiger partial charge >= 0.3 is 0 Å². The Morgan fingerprint density at radius 1 is 1.09 bits per heavy atom. The molecule has 3 aromatic rings. The molecule has 0 atom stereocenters. The number of rotatable bonds is 8. The number of carbonyl (C=O) groups excluding carboxylic acids is 1. The molecule has 3 rings (SSSR count). The van der Waals surface area contributed by atoms with E-state index in [9.17, 15) is 14.4 Å². The van der Waals surface area contributed by atoms with Gasteiger partial charge in [0.05, 0.1) is 19.2 Å². The number of benzene rings is 3. The number of carbonyl (C=O) groups is 1. The lowest BCUT2D eigenvalue weighted by Gasteiger charge is -2.13. The van der Waals surface area contributed by atoms with Crippen molar-refractivity contribution in [3.05, 3.63) is 88.2 Å². The molecule has 0 unspecified atom stereocenters. The third-order valence-corrected chi connectivity index (χ3v) is 4.85. The molecule has 0 aliphatic carbocycles. The summed E-state index contributed by atoms with van der Waals surface area (Å²) in [5.74, 6) is 0.349. The van der Waals surface area contributed by atoms with Crippen LogP contribution in [0.1, 0.15) is 11.1 Å². The van der Waals surface area contributed by atoms with Crippen molar-refractivity contribution in [2.75, 3.05) is 19.5 Å². The molecule has 8 heteroatoms. The molecule has 0 radical (unpaired) electrons. The van der Waals surface area contributed by atoms with Gasteiger partial charge in [0.15, 0.2) is 11.5 Å². The first kappa shape index (κ1) is 23.6. The molecule has 0 saturated carbocycles. The molecule has 1 amide bonds. The van der Waals surface area contributed by atoms with Crippen LogP contribution in [0.15, 0.2) is 66.2 Å². The lowest BCUT2D eigenvalue weighted by molar-refractivity contribution is -0.112. The number of methoxy groups -OCH3 is 2. The van der Waals surface area contributed by atoms with Gasteiger partial charge in [0.25, 0.3) is 5.91 Å². The molecule has 0 aliphatic heterocycles. The molecule has 6 nitrogen and oxygen atoms in total. The fourth-order valence-electron chi connectivity index (χ4n) is 2.89. The number of halogens is 2. The van der Waals surface area contributed by atoms with Gasteiger partial charge in [-0.05, 0) is 65.7 Å². The molecule has 0 heterocycles. The minimum atomic E-state index is -0.575. The van der Waals surface area contributed by atoms with Gasteiger partial charge in [0.1, 0.15) is 29.8 Å². The summed E-state index contributed by atoms with van der Waals surface area (Å²) in [6.45, 7) is 0.152. The van der Waals surface area contributed by atoms with E-state index in [1.54, 1.807) is 55.6 Å². The van der Waals surface area contributed by atoms with Crippen LogP contribution >= 0.6 is 11.6 Å². The predicted octanol–water partition coefficient (Wildman–Crippen LogP) is 5.62. The zero-order chi connectivity index (χ0) is 23.8. The smallest absolute Gasteiger partial charge is 0.266 e. The van der Waals surface area contributed by atoms with Gasteiger partial charge in [-0.2, -0.15) is 5.26 Å². The Morgan fingerprint density at radius 3 is 2.39 bits per heavy atom. The number of hydrogen-bond donors (Lipinski definition) is 1. The number of amides is 1. The Kier molecular flexibility index (Phi) is 7.90. The molecular formula is C25H20ClFN2O4. The molecule has 0 bridgehead atoms. The van der Waals surface area contributed by atoms with Crippen molar-refractivity contribution < 1.29 is 23.4 Å². The fourth-order valence-corrected chi connectivity index (χ4v) is 3.16. The van der Waals surface area contributed by atoms with Gasteiger partial charge in [0, 0.05) is 5.69 Å². The topological polar surface area (TPSA) is 80.6 Å². The zero-order valence-corrected chi connectivity index (χ0v) is 18.7. The molecule has 33 heavy (non-hydrogen) atoms. The Bertz CT molecular complexity index is 1200. The van der Waals surface area contributed by atoms with Crippen LogP contribution in [0.5, 0.6) is 17.2 Å². The summed E-state index contributed by atoms with van der Waals surface area (Å²) in [6.07, 6.45) is 1.40. The third-order valence-electron chi connectivity index (χ3n) is 4.57. The van der Waals surface area contributed by atoms with Crippen molar-refractivity contribution in [2.45, 2.75) is 6.61 Å². The van der Waals surface area contributed by atoms with Crippen LogP contribution in [-0.2, 0) is 11.4 Å². The SMILES string of the molecule is COc1ccc(NC(=O)/C(C#N)=C\c2cc(Cl)c(OCc3ccc(F)cc3)c(OC)c2)cc1. The summed E-state index contributed by atoms with van der Waals surface area (Å²) in [5, 5.41) is 12.4. The second-order valence-corrected chi connectivity index (χ2v) is 7.21. The normalized spacial score (nSPS) is 10.8. The Morgan fingerprint density at radius 2 is 1.79 bits per heavy atom. The lowest BCUT2D eigenvalue weighted by Crippen LogP contribution is -2.13. The fraction of sp³-hybridized carbons (Fsp3) is 0.120. The predicted molar refractivity (Wildman–Crippen MR) is 124 cm³/mol. The van der Waals surface area contributed by atoms with Crippen molar-refractivity contribution in [2.24, 2.45) is 0 Å². The minimum absolute atomic E-state index is 0.121. The Balaban J connectivity index is 1.79. The quantitative estimate of drug-likeness (QED) is 0.344. The number of hydrogen-bond acceptors (Lipinski definition) is 5. The highest BCUT2D eigenvalue weighted by molar-refractivity contribution is 6.32. The molecule has 0 fully saturated rings. The number of nitriles is 1. The lowest BCUT2D eigenvalue weighted by atomic mass is 10.1. The highest BCUT2D eigenvalue weighted by Crippen LogP contribution is 2.37. The highest BCUT2D eigenvalue weighted by Gasteiger charge is 2.15. The highest BCUT2D eigenvalue weighted by atomic mass is 35.5. The van der Waals surface area contributed by atoms with Gasteiger partial charge in [-0.3, -0.25) is 4.79 Å². The molecule has 3 aromatic carbocycles. The molecule has 168 valence electrons. The summed E-state index contributed by atoms with van der Waals surface area (Å²) in [4.78, 5) is 12.5. The minimum Gasteiger partial charge on any atom is -0.497 e. The van der Waals surface area contributed by atoms with Crippen molar-refractivity contribution >= 4 is 29.3 Å². The van der Waals surface area contributed by atoms with Gasteiger partial charge in [-0.1, -0.05) is 23.7 Å². The second-order valence-electron chi connectivity index (χ2n) is 6.80. The van der Waals surface area contributed by atoms with E-state index >= 15 is 0 Å². The van der Waals surface area contributed by atoms with E-state index in [0.29, 0.717) is 28.5 Å². The largest absolute Gasteiger partial charge is 0.497 e. The van der Waals surface area contributed by atoms with Crippen LogP contribution in [0.25, 0.3) is 6.08 Å². The van der Waals surface area contributed by atoms with Crippen molar-refractivity contribution in [1.29, 1.82) is 5.26 Å². The van der Waals surface area contributed by atoms with E-state index in [0.717, 1.165) is 5.56 Å². The van der Waals surface area contributed by atoms with E-state index in [1.807, 2.05) is 6.07 Å². The average Bonchev–Trinajstić information content (AvgIpc) is 2.83. The third kappa shape index (κ3) is 6.25. The van der Waals surface area contributed by atoms with Gasteiger partial charge in [-0.25, -0.2) is 4.39 Å². The van der Waals surface area contributed by atoms with Crippen LogP contribution < -0.4 is 19.5 Å². The summed E-state index contributed by atoms with van der Waals surface area (Å²) in [7, 11) is 2.99. The second kappa shape index (κ2) is 11.0. The maximum atomic E-state index is 13.1. The molecular weight excluding hydrogens is 447 g/mol. The summed E-state index contributed by atoms with van der Waals surface area (Å²) in [5.41, 5.74) is 1.62. The number of nitrogens with zero attached hydrogens (tertiary/aromatic N) is 1. The van der Waals surface area contributed by atoms with E-state index in [-0.39, 0.29) is 23.0 Å². The summed E-state index contributed by atoms with van der Waals surface area (Å²) >= 11 is 6.38. The molecule has 0 spiro atoms. The maximum absolute atomic E-state index is 13.1. The summed E-state index contributed by atoms with van der Waals surface area (Å²) in [6, 6.07) is 17.7. The first-order valence-corrected chi connectivity index (χ1v) is 10.1. The van der Waals surface area contributed by atoms with Gasteiger partial charge in [0.2, 0.25) is 0 Å². The molecule has 1 N–H and O–H groups in total. The van der Waals surface area contributed by atoms with E-state index in [4.69, 9.17) is 25.8 Å². The van der Waals surface area contributed by atoms with E-state index in [1.165, 1.54) is 25.3 Å². The van der Waals surface area contributed by atoms with Crippen LogP contribution in [-0.4, -0.2) is 20.1 Å². The van der Waals surface area contributed by atoms with Crippen LogP contribution in [0.4, 0.5) is 10.1 Å². The molecule has 0 aromatic heterocycles. The molecule has 0 saturated heterocycles. The summed E-state index contributed by atoms with van der Waals surface area (Å²) < 4.78 is 29.3. The Hall–Kier alpha value is -4.02. The number of ether oxygens (including phenoxy) is 3. The van der Waals surface area contributed by atoms with Crippen LogP contribution in [0, 0.1) is 17.1 Å². The average molecular weight is 467 g/mol. The standard InChI is InChI=1S/C25H20ClFN2O4/c1-31-21-9-7-20(8-10-21)29-25(30)18(14-28)11-17-12-22(26)24(23(13-17)32-2)33-15-16-3-5-19(27)6-4-16/h3-13H,15H2,1-2H3,(H,29,30)/b18-11-. The van der Waals surface area contributed by atoms with Crippen LogP contribution in [0.3, 0.4) is 0 Å². The van der Waals surface area contributed by atoms with Crippen molar-refractivity contribution in [3.63, 3.8) is 0 Å². The van der Waals surface area contributed by atoms with E-state index < -0.39 is 5.91 Å². The zero-order valence-electron chi connectivity index (χ0n) is 17.9. The Labute approximate surface area is 195 Å². The molecule has 0 aliphatic rings. The van der Waals surface area contributed by atoms with Crippen LogP contribution in [0.2, 0.25) is 5.02 Å². The first-order valence-electron chi connectivity index (χ1n) is 9.75. The maximum Gasteiger partial charge on any atom is 0.266 e. The number of nitrogens with one attached hydrogen (secondary N) is 1. The van der Waals surface area contributed by atoms with Crippen molar-refractivity contribution in [3.8, 4) is 23.3 Å². The monoisotopic (exact) mass is 466 g/mol. The van der Waals surface area contributed by atoms with Gasteiger partial charge < -0.3 is 19.5 Å².